The first kappa shape index (κ1) is 25.6. The summed E-state index contributed by atoms with van der Waals surface area (Å²) < 4.78 is 10.5. The van der Waals surface area contributed by atoms with Gasteiger partial charge in [-0.2, -0.15) is 0 Å². The Morgan fingerprint density at radius 1 is 0.710 bits per heavy atom. The molecule has 0 bridgehead atoms. The Labute approximate surface area is 200 Å². The van der Waals surface area contributed by atoms with Crippen LogP contribution in [0.3, 0.4) is 0 Å². The number of rotatable bonds is 12. The van der Waals surface area contributed by atoms with Crippen molar-refractivity contribution in [1.82, 2.24) is 0 Å². The van der Waals surface area contributed by atoms with Crippen LogP contribution in [0.25, 0.3) is 12.2 Å². The normalized spacial score (nSPS) is 12.2. The van der Waals surface area contributed by atoms with Gasteiger partial charge in [0.25, 0.3) is 0 Å². The Hall–Kier alpha value is -1.66. The van der Waals surface area contributed by atoms with E-state index < -0.39 is 9.23 Å². The van der Waals surface area contributed by atoms with Gasteiger partial charge in [-0.3, -0.25) is 0 Å². The number of hydrogen-bond donors (Lipinski definition) is 0. The third kappa shape index (κ3) is 12.1. The molecule has 0 amide bonds. The van der Waals surface area contributed by atoms with Crippen LogP contribution in [-0.2, 0) is 19.1 Å². The van der Waals surface area contributed by atoms with E-state index in [4.69, 9.17) is 9.47 Å². The Bertz CT molecular complexity index is 796. The van der Waals surface area contributed by atoms with E-state index in [2.05, 4.69) is 28.2 Å². The fourth-order valence-electron chi connectivity index (χ4n) is 2.54. The van der Waals surface area contributed by atoms with E-state index in [1.165, 1.54) is 12.2 Å². The number of carbonyl (C=O) groups is 2. The summed E-state index contributed by atoms with van der Waals surface area (Å²) in [5.41, 5.74) is 1.92. The average Bonchev–Trinajstić information content (AvgIpc) is 2.78. The first-order valence-electron chi connectivity index (χ1n) is 9.92. The molecule has 2 aromatic rings. The van der Waals surface area contributed by atoms with Crippen LogP contribution in [0, 0.1) is 0 Å². The zero-order chi connectivity index (χ0) is 22.4. The number of ether oxygens (including phenoxy) is 2. The molecule has 4 nitrogen and oxygen atoms in total. The molecule has 0 saturated carbocycles. The van der Waals surface area contributed by atoms with Gasteiger partial charge in [0.1, 0.15) is 0 Å². The molecule has 7 heteroatoms. The fraction of sp³-hybridized carbons (Fsp3) is 0.250. The van der Waals surface area contributed by atoms with Gasteiger partial charge in [-0.1, -0.05) is 0 Å². The van der Waals surface area contributed by atoms with Crippen molar-refractivity contribution >= 4 is 61.5 Å². The van der Waals surface area contributed by atoms with E-state index in [9.17, 15) is 9.59 Å². The Balaban J connectivity index is 1.56. The van der Waals surface area contributed by atoms with Gasteiger partial charge in [0.05, 0.1) is 0 Å². The fourth-order valence-corrected chi connectivity index (χ4v) is 9.99. The van der Waals surface area contributed by atoms with Crippen LogP contribution in [-0.4, -0.2) is 34.4 Å². The van der Waals surface area contributed by atoms with Crippen molar-refractivity contribution in [3.05, 3.63) is 83.9 Å². The number of carbonyl (C=O) groups excluding carboxylic acids is 2. The first-order chi connectivity index (χ1) is 14.9. The molecule has 0 aliphatic rings. The average molecular weight is 617 g/mol. The quantitative estimate of drug-likeness (QED) is 0.118. The molecule has 31 heavy (non-hydrogen) atoms. The Morgan fingerprint density at radius 2 is 1.10 bits per heavy atom. The molecule has 0 spiro atoms. The molecule has 0 saturated heterocycles. The van der Waals surface area contributed by atoms with Crippen LogP contribution in [0.1, 0.15) is 24.0 Å². The van der Waals surface area contributed by atoms with Gasteiger partial charge < -0.3 is 0 Å². The molecule has 0 aliphatic heterocycles. The van der Waals surface area contributed by atoms with Gasteiger partial charge in [-0.25, -0.2) is 0 Å². The molecule has 0 radical (unpaired) electrons. The van der Waals surface area contributed by atoms with Crippen LogP contribution in [0.2, 0.25) is 10.6 Å². The van der Waals surface area contributed by atoms with Gasteiger partial charge in [-0.05, 0) is 0 Å². The van der Waals surface area contributed by atoms with Crippen LogP contribution in [0.5, 0.6) is 0 Å². The summed E-state index contributed by atoms with van der Waals surface area (Å²) >= 11 is 7.61. The second kappa shape index (κ2) is 14.4. The van der Waals surface area contributed by atoms with E-state index >= 15 is 0 Å². The van der Waals surface area contributed by atoms with Crippen LogP contribution < -0.4 is 0 Å². The monoisotopic (exact) mass is 616 g/mol. The summed E-state index contributed by atoms with van der Waals surface area (Å²) in [6.07, 6.45) is 7.94. The van der Waals surface area contributed by atoms with Gasteiger partial charge in [0.15, 0.2) is 0 Å². The molecule has 0 heterocycles. The molecular weight excluding hydrogens is 591 g/mol. The summed E-state index contributed by atoms with van der Waals surface area (Å²) in [4.78, 5) is 23.6. The predicted octanol–water partition coefficient (Wildman–Crippen LogP) is 6.51. The van der Waals surface area contributed by atoms with E-state index in [1.54, 1.807) is 12.2 Å². The molecule has 0 atom stereocenters. The van der Waals surface area contributed by atoms with Crippen LogP contribution >= 0.6 is 28.2 Å². The van der Waals surface area contributed by atoms with Gasteiger partial charge in [0.2, 0.25) is 0 Å². The summed E-state index contributed by atoms with van der Waals surface area (Å²) in [5.74, 6) is -0.671. The van der Waals surface area contributed by atoms with Crippen molar-refractivity contribution in [2.75, 3.05) is 13.2 Å². The van der Waals surface area contributed by atoms with Gasteiger partial charge in [0, 0.05) is 0 Å². The van der Waals surface area contributed by atoms with Crippen LogP contribution in [0.4, 0.5) is 0 Å². The number of benzene rings is 2. The number of hydrogen-bond acceptors (Lipinski definition) is 4. The number of esters is 2. The molecule has 2 aromatic carbocycles. The van der Waals surface area contributed by atoms with E-state index in [0.29, 0.717) is 13.2 Å². The van der Waals surface area contributed by atoms with Gasteiger partial charge in [-0.15, -0.1) is 0 Å². The third-order valence-corrected chi connectivity index (χ3v) is 14.5. The maximum atomic E-state index is 11.8. The second-order valence-corrected chi connectivity index (χ2v) is 28.7. The molecule has 0 aliphatic carbocycles. The van der Waals surface area contributed by atoms with E-state index in [-0.39, 0.29) is 11.9 Å². The molecule has 0 aromatic heterocycles. The van der Waals surface area contributed by atoms with Crippen molar-refractivity contribution in [2.45, 2.75) is 23.5 Å². The summed E-state index contributed by atoms with van der Waals surface area (Å²) in [5, 5.41) is 1.85. The third-order valence-electron chi connectivity index (χ3n) is 4.09. The summed E-state index contributed by atoms with van der Waals surface area (Å²) in [6.45, 7) is 0.765. The van der Waals surface area contributed by atoms with E-state index in [1.807, 2.05) is 60.7 Å². The minimum atomic E-state index is -1.97. The summed E-state index contributed by atoms with van der Waals surface area (Å²) in [7, 11) is -1.97. The molecule has 0 N–H and O–H groups in total. The molecule has 0 unspecified atom stereocenters. The SMILES string of the molecule is O=C(/C=C/c1ccccc1)OCCC[Se](Br)(Br)CCCOC(=O)/C=C/c1ccccc1. The maximum absolute atomic E-state index is 11.8. The topological polar surface area (TPSA) is 52.6 Å². The standard InChI is InChI=1S/C24H26Br2O4Se/c25-31(26,19-7-17-29-23(27)15-13-21-9-3-1-4-10-21)20-8-18-30-24(28)16-14-22-11-5-2-6-12-22/h1-6,9-16H,7-8,17-20H2/b15-13+,16-14+. The molecule has 166 valence electrons. The van der Waals surface area contributed by atoms with Gasteiger partial charge >= 0.3 is 201 Å². The molecular formula is C24H26Br2O4Se. The van der Waals surface area contributed by atoms with Crippen molar-refractivity contribution in [3.8, 4) is 0 Å². The van der Waals surface area contributed by atoms with Crippen molar-refractivity contribution in [2.24, 2.45) is 0 Å². The molecule has 2 rings (SSSR count). The Morgan fingerprint density at radius 3 is 1.48 bits per heavy atom. The second-order valence-electron chi connectivity index (χ2n) is 6.64. The predicted molar refractivity (Wildman–Crippen MR) is 135 cm³/mol. The zero-order valence-corrected chi connectivity index (χ0v) is 22.0. The van der Waals surface area contributed by atoms with E-state index in [0.717, 1.165) is 34.6 Å². The number of halogens is 2. The van der Waals surface area contributed by atoms with Crippen molar-refractivity contribution in [1.29, 1.82) is 0 Å². The molecule has 0 fully saturated rings. The zero-order valence-electron chi connectivity index (χ0n) is 17.1. The minimum absolute atomic E-state index is 0.335. The van der Waals surface area contributed by atoms with Crippen molar-refractivity contribution < 1.29 is 19.1 Å². The first-order valence-corrected chi connectivity index (χ1v) is 20.4. The summed E-state index contributed by atoms with van der Waals surface area (Å²) in [6, 6.07) is 19.3. The van der Waals surface area contributed by atoms with Crippen molar-refractivity contribution in [3.63, 3.8) is 0 Å². The van der Waals surface area contributed by atoms with Crippen LogP contribution in [0.15, 0.2) is 72.8 Å². The Kier molecular flexibility index (Phi) is 11.9.